The zero-order valence-corrected chi connectivity index (χ0v) is 13.9. The zero-order chi connectivity index (χ0) is 15.1. The fourth-order valence-corrected chi connectivity index (χ4v) is 4.03. The van der Waals surface area contributed by atoms with Crippen LogP contribution in [0.15, 0.2) is 0 Å². The predicted octanol–water partition coefficient (Wildman–Crippen LogP) is 3.91. The fraction of sp³-hybridized carbons (Fsp3) is 0.944. The first-order valence-electron chi connectivity index (χ1n) is 9.12. The van der Waals surface area contributed by atoms with E-state index in [0.29, 0.717) is 12.6 Å². The van der Waals surface area contributed by atoms with Gasteiger partial charge in [0.2, 0.25) is 0 Å². The van der Waals surface area contributed by atoms with Crippen molar-refractivity contribution in [2.24, 2.45) is 17.8 Å². The second kappa shape index (κ2) is 8.77. The Balaban J connectivity index is 1.67. The highest BCUT2D eigenvalue weighted by molar-refractivity contribution is 5.72. The molecule has 3 nitrogen and oxygen atoms in total. The van der Waals surface area contributed by atoms with Crippen molar-refractivity contribution in [1.29, 1.82) is 0 Å². The molecule has 0 spiro atoms. The molecule has 0 bridgehead atoms. The SMILES string of the molecule is CCOC(=O)C1CCCC(NCC2CCC(CC)CC2)C1. The van der Waals surface area contributed by atoms with Crippen LogP contribution in [0, 0.1) is 17.8 Å². The largest absolute Gasteiger partial charge is 0.466 e. The number of ether oxygens (including phenoxy) is 1. The van der Waals surface area contributed by atoms with Gasteiger partial charge in [-0.15, -0.1) is 0 Å². The van der Waals surface area contributed by atoms with Gasteiger partial charge in [0.25, 0.3) is 0 Å². The molecule has 0 aliphatic heterocycles. The number of carbonyl (C=O) groups excluding carboxylic acids is 1. The van der Waals surface area contributed by atoms with Crippen LogP contribution in [-0.4, -0.2) is 25.2 Å². The number of esters is 1. The predicted molar refractivity (Wildman–Crippen MR) is 86.1 cm³/mol. The smallest absolute Gasteiger partial charge is 0.308 e. The molecule has 2 aliphatic rings. The van der Waals surface area contributed by atoms with Crippen LogP contribution in [0.2, 0.25) is 0 Å². The van der Waals surface area contributed by atoms with Crippen molar-refractivity contribution in [2.45, 2.75) is 77.7 Å². The van der Waals surface area contributed by atoms with E-state index in [1.165, 1.54) is 38.5 Å². The Morgan fingerprint density at radius 1 is 1.05 bits per heavy atom. The molecule has 122 valence electrons. The highest BCUT2D eigenvalue weighted by Crippen LogP contribution is 2.31. The van der Waals surface area contributed by atoms with Gasteiger partial charge in [-0.05, 0) is 57.4 Å². The molecular formula is C18H33NO2. The lowest BCUT2D eigenvalue weighted by Crippen LogP contribution is -2.39. The molecule has 0 heterocycles. The fourth-order valence-electron chi connectivity index (χ4n) is 4.03. The molecule has 0 saturated heterocycles. The van der Waals surface area contributed by atoms with Crippen LogP contribution in [0.4, 0.5) is 0 Å². The Hall–Kier alpha value is -0.570. The molecule has 2 atom stereocenters. The molecule has 0 aromatic carbocycles. The van der Waals surface area contributed by atoms with Gasteiger partial charge in [-0.2, -0.15) is 0 Å². The van der Waals surface area contributed by atoms with Crippen LogP contribution in [0.25, 0.3) is 0 Å². The summed E-state index contributed by atoms with van der Waals surface area (Å²) in [5.74, 6) is 1.99. The van der Waals surface area contributed by atoms with Crippen molar-refractivity contribution in [2.75, 3.05) is 13.2 Å². The summed E-state index contributed by atoms with van der Waals surface area (Å²) in [6.07, 6.45) is 11.3. The van der Waals surface area contributed by atoms with Gasteiger partial charge in [0, 0.05) is 6.04 Å². The summed E-state index contributed by atoms with van der Waals surface area (Å²) in [4.78, 5) is 11.9. The first kappa shape index (κ1) is 16.8. The molecule has 2 saturated carbocycles. The first-order valence-corrected chi connectivity index (χ1v) is 9.12. The maximum atomic E-state index is 11.9. The molecule has 2 aliphatic carbocycles. The van der Waals surface area contributed by atoms with E-state index in [1.807, 2.05) is 6.92 Å². The third-order valence-corrected chi connectivity index (χ3v) is 5.53. The van der Waals surface area contributed by atoms with E-state index in [1.54, 1.807) is 0 Å². The average Bonchev–Trinajstić information content (AvgIpc) is 2.54. The van der Waals surface area contributed by atoms with E-state index in [-0.39, 0.29) is 11.9 Å². The number of hydrogen-bond donors (Lipinski definition) is 1. The highest BCUT2D eigenvalue weighted by Gasteiger charge is 2.28. The molecule has 2 fully saturated rings. The normalized spacial score (nSPS) is 33.6. The minimum atomic E-state index is 0.0208. The topological polar surface area (TPSA) is 38.3 Å². The van der Waals surface area contributed by atoms with Gasteiger partial charge in [-0.3, -0.25) is 4.79 Å². The minimum absolute atomic E-state index is 0.0208. The van der Waals surface area contributed by atoms with Crippen molar-refractivity contribution in [1.82, 2.24) is 5.32 Å². The highest BCUT2D eigenvalue weighted by atomic mass is 16.5. The summed E-state index contributed by atoms with van der Waals surface area (Å²) in [5.41, 5.74) is 0. The van der Waals surface area contributed by atoms with Crippen LogP contribution in [-0.2, 0) is 9.53 Å². The van der Waals surface area contributed by atoms with Gasteiger partial charge in [0.15, 0.2) is 0 Å². The lowest BCUT2D eigenvalue weighted by atomic mass is 9.80. The first-order chi connectivity index (χ1) is 10.2. The number of rotatable bonds is 6. The molecular weight excluding hydrogens is 262 g/mol. The van der Waals surface area contributed by atoms with E-state index in [4.69, 9.17) is 4.74 Å². The Labute approximate surface area is 130 Å². The van der Waals surface area contributed by atoms with Crippen molar-refractivity contribution >= 4 is 5.97 Å². The third-order valence-electron chi connectivity index (χ3n) is 5.53. The summed E-state index contributed by atoms with van der Waals surface area (Å²) in [5, 5.41) is 3.74. The van der Waals surface area contributed by atoms with E-state index in [2.05, 4.69) is 12.2 Å². The molecule has 0 radical (unpaired) electrons. The van der Waals surface area contributed by atoms with Gasteiger partial charge in [-0.1, -0.05) is 32.6 Å². The summed E-state index contributed by atoms with van der Waals surface area (Å²) in [7, 11) is 0. The second-order valence-electron chi connectivity index (χ2n) is 7.02. The number of carbonyl (C=O) groups is 1. The van der Waals surface area contributed by atoms with Crippen LogP contribution in [0.3, 0.4) is 0 Å². The summed E-state index contributed by atoms with van der Waals surface area (Å²) < 4.78 is 5.18. The Morgan fingerprint density at radius 2 is 1.76 bits per heavy atom. The van der Waals surface area contributed by atoms with Crippen molar-refractivity contribution < 1.29 is 9.53 Å². The van der Waals surface area contributed by atoms with Crippen molar-refractivity contribution in [3.05, 3.63) is 0 Å². The third kappa shape index (κ3) is 5.28. The van der Waals surface area contributed by atoms with Crippen LogP contribution in [0.5, 0.6) is 0 Å². The Bertz CT molecular complexity index is 310. The number of nitrogens with one attached hydrogen (secondary N) is 1. The molecule has 0 aromatic heterocycles. The summed E-state index contributed by atoms with van der Waals surface area (Å²) in [6, 6.07) is 0.525. The van der Waals surface area contributed by atoms with Gasteiger partial charge in [0.1, 0.15) is 0 Å². The Morgan fingerprint density at radius 3 is 2.43 bits per heavy atom. The van der Waals surface area contributed by atoms with E-state index in [0.717, 1.165) is 37.6 Å². The van der Waals surface area contributed by atoms with Crippen LogP contribution < -0.4 is 5.32 Å². The maximum absolute atomic E-state index is 11.9. The maximum Gasteiger partial charge on any atom is 0.308 e. The van der Waals surface area contributed by atoms with Crippen LogP contribution >= 0.6 is 0 Å². The lowest BCUT2D eigenvalue weighted by Gasteiger charge is -2.32. The number of hydrogen-bond acceptors (Lipinski definition) is 3. The molecule has 1 N–H and O–H groups in total. The monoisotopic (exact) mass is 295 g/mol. The van der Waals surface area contributed by atoms with E-state index >= 15 is 0 Å². The van der Waals surface area contributed by atoms with E-state index in [9.17, 15) is 4.79 Å². The lowest BCUT2D eigenvalue weighted by molar-refractivity contribution is -0.149. The Kier molecular flexibility index (Phi) is 7.01. The minimum Gasteiger partial charge on any atom is -0.466 e. The van der Waals surface area contributed by atoms with Crippen molar-refractivity contribution in [3.63, 3.8) is 0 Å². The van der Waals surface area contributed by atoms with Crippen LogP contribution in [0.1, 0.15) is 71.6 Å². The zero-order valence-electron chi connectivity index (χ0n) is 13.9. The van der Waals surface area contributed by atoms with Gasteiger partial charge in [-0.25, -0.2) is 0 Å². The summed E-state index contributed by atoms with van der Waals surface area (Å²) in [6.45, 7) is 5.87. The quantitative estimate of drug-likeness (QED) is 0.755. The van der Waals surface area contributed by atoms with Gasteiger partial charge < -0.3 is 10.1 Å². The van der Waals surface area contributed by atoms with Crippen molar-refractivity contribution in [3.8, 4) is 0 Å². The summed E-state index contributed by atoms with van der Waals surface area (Å²) >= 11 is 0. The molecule has 2 unspecified atom stereocenters. The van der Waals surface area contributed by atoms with Gasteiger partial charge in [0.05, 0.1) is 12.5 Å². The molecule has 0 amide bonds. The molecule has 21 heavy (non-hydrogen) atoms. The standard InChI is InChI=1S/C18H33NO2/c1-3-14-8-10-15(11-9-14)13-19-17-7-5-6-16(12-17)18(20)21-4-2/h14-17,19H,3-13H2,1-2H3. The molecule has 2 rings (SSSR count). The second-order valence-corrected chi connectivity index (χ2v) is 7.02. The molecule has 0 aromatic rings. The van der Waals surface area contributed by atoms with E-state index < -0.39 is 0 Å². The molecule has 3 heteroatoms. The van der Waals surface area contributed by atoms with Gasteiger partial charge >= 0.3 is 5.97 Å². The average molecular weight is 295 g/mol.